The lowest BCUT2D eigenvalue weighted by Gasteiger charge is -2.26. The van der Waals surface area contributed by atoms with Crippen molar-refractivity contribution >= 4 is 23.2 Å². The maximum atomic E-state index is 6.64. The molecule has 2 nitrogen and oxygen atoms in total. The molecule has 0 spiro atoms. The molecule has 4 rings (SSSR count). The molecule has 0 aromatic heterocycles. The quantitative estimate of drug-likeness (QED) is 0.652. The topological polar surface area (TPSA) is 8.88 Å². The third kappa shape index (κ3) is 4.20. The minimum Gasteiger partial charge on any atom is -0.273 e. The van der Waals surface area contributed by atoms with Crippen molar-refractivity contribution in [3.63, 3.8) is 0 Å². The fourth-order valence-electron chi connectivity index (χ4n) is 4.19. The van der Waals surface area contributed by atoms with Crippen LogP contribution in [0.5, 0.6) is 0 Å². The van der Waals surface area contributed by atoms with Crippen molar-refractivity contribution in [1.82, 2.24) is 0 Å². The van der Waals surface area contributed by atoms with E-state index in [1.165, 1.54) is 20.9 Å². The second-order valence-electron chi connectivity index (χ2n) is 7.21. The van der Waals surface area contributed by atoms with Crippen molar-refractivity contribution in [3.8, 4) is 0 Å². The summed E-state index contributed by atoms with van der Waals surface area (Å²) in [4.78, 5) is 3.03. The molecule has 4 heteroatoms. The molecular weight excluding hydrogens is 375 g/mol. The van der Waals surface area contributed by atoms with Crippen molar-refractivity contribution in [2.45, 2.75) is 19.3 Å². The summed E-state index contributed by atoms with van der Waals surface area (Å²) in [6.45, 7) is 4.16. The molecule has 1 saturated heterocycles. The standard InChI is InChI=1S/C23H22Cl2N2/c24-20-12-7-13-21(25)22(20)23-26(16-18-8-3-1-4-9-18)14-15-27(23)17-19-10-5-2-6-11-19/h1-13,23H,14-17H2/p+2. The highest BCUT2D eigenvalue weighted by molar-refractivity contribution is 6.36. The maximum Gasteiger partial charge on any atom is 0.244 e. The van der Waals surface area contributed by atoms with Gasteiger partial charge in [-0.1, -0.05) is 89.9 Å². The van der Waals surface area contributed by atoms with E-state index in [9.17, 15) is 0 Å². The molecule has 3 aromatic rings. The molecule has 2 unspecified atom stereocenters. The van der Waals surface area contributed by atoms with Gasteiger partial charge < -0.3 is 0 Å². The Morgan fingerprint density at radius 1 is 0.630 bits per heavy atom. The Kier molecular flexibility index (Phi) is 5.80. The third-order valence-electron chi connectivity index (χ3n) is 5.42. The summed E-state index contributed by atoms with van der Waals surface area (Å²) in [7, 11) is 0. The van der Waals surface area contributed by atoms with Gasteiger partial charge in [0.1, 0.15) is 31.7 Å². The van der Waals surface area contributed by atoms with Crippen LogP contribution in [0.1, 0.15) is 22.9 Å². The van der Waals surface area contributed by atoms with Gasteiger partial charge in [-0.2, -0.15) is 0 Å². The highest BCUT2D eigenvalue weighted by Gasteiger charge is 2.43. The molecule has 0 radical (unpaired) electrons. The van der Waals surface area contributed by atoms with Gasteiger partial charge in [0.2, 0.25) is 6.17 Å². The van der Waals surface area contributed by atoms with Gasteiger partial charge in [-0.05, 0) is 12.1 Å². The van der Waals surface area contributed by atoms with E-state index in [0.29, 0.717) is 0 Å². The van der Waals surface area contributed by atoms with Crippen molar-refractivity contribution in [1.29, 1.82) is 0 Å². The predicted molar refractivity (Wildman–Crippen MR) is 111 cm³/mol. The highest BCUT2D eigenvalue weighted by Crippen LogP contribution is 2.27. The number of quaternary nitrogens is 2. The molecule has 2 atom stereocenters. The summed E-state index contributed by atoms with van der Waals surface area (Å²) < 4.78 is 0. The maximum absolute atomic E-state index is 6.64. The van der Waals surface area contributed by atoms with Crippen molar-refractivity contribution in [3.05, 3.63) is 106 Å². The first-order valence-corrected chi connectivity index (χ1v) is 10.2. The Morgan fingerprint density at radius 2 is 1.07 bits per heavy atom. The Hall–Kier alpha value is -1.84. The summed E-state index contributed by atoms with van der Waals surface area (Å²) in [5, 5.41) is 1.54. The van der Waals surface area contributed by atoms with E-state index >= 15 is 0 Å². The SMILES string of the molecule is Clc1cccc(Cl)c1C1[NH+](Cc2ccccc2)CC[NH+]1Cc1ccccc1. The Bertz CT molecular complexity index is 814. The van der Waals surface area contributed by atoms with E-state index in [2.05, 4.69) is 60.7 Å². The van der Waals surface area contributed by atoms with Gasteiger partial charge in [-0.25, -0.2) is 0 Å². The summed E-state index contributed by atoms with van der Waals surface area (Å²) in [6.07, 6.45) is 0.228. The number of rotatable bonds is 5. The molecule has 0 aliphatic carbocycles. The molecule has 27 heavy (non-hydrogen) atoms. The average Bonchev–Trinajstić information content (AvgIpc) is 3.05. The van der Waals surface area contributed by atoms with Crippen molar-refractivity contribution in [2.24, 2.45) is 0 Å². The van der Waals surface area contributed by atoms with Crippen LogP contribution in [0.4, 0.5) is 0 Å². The number of hydrogen-bond acceptors (Lipinski definition) is 0. The Morgan fingerprint density at radius 3 is 1.52 bits per heavy atom. The van der Waals surface area contributed by atoms with Gasteiger partial charge in [0.25, 0.3) is 0 Å². The van der Waals surface area contributed by atoms with Gasteiger partial charge in [-0.3, -0.25) is 9.80 Å². The Labute approximate surface area is 170 Å². The second kappa shape index (κ2) is 8.45. The van der Waals surface area contributed by atoms with E-state index in [-0.39, 0.29) is 6.17 Å². The smallest absolute Gasteiger partial charge is 0.244 e. The highest BCUT2D eigenvalue weighted by atomic mass is 35.5. The Balaban J connectivity index is 1.67. The molecule has 0 amide bonds. The minimum atomic E-state index is 0.228. The first kappa shape index (κ1) is 18.5. The van der Waals surface area contributed by atoms with Crippen LogP contribution in [-0.2, 0) is 13.1 Å². The van der Waals surface area contributed by atoms with Crippen molar-refractivity contribution < 1.29 is 9.80 Å². The third-order valence-corrected chi connectivity index (χ3v) is 6.08. The van der Waals surface area contributed by atoms with E-state index < -0.39 is 0 Å². The molecule has 1 fully saturated rings. The molecule has 0 saturated carbocycles. The zero-order valence-electron chi connectivity index (χ0n) is 15.2. The normalized spacial score (nSPS) is 22.1. The molecule has 1 heterocycles. The average molecular weight is 399 g/mol. The lowest BCUT2D eigenvalue weighted by Crippen LogP contribution is -3.22. The largest absolute Gasteiger partial charge is 0.273 e. The fourth-order valence-corrected chi connectivity index (χ4v) is 4.81. The monoisotopic (exact) mass is 398 g/mol. The lowest BCUT2D eigenvalue weighted by atomic mass is 10.1. The number of halogens is 2. The van der Waals surface area contributed by atoms with E-state index in [1.807, 2.05) is 18.2 Å². The predicted octanol–water partition coefficient (Wildman–Crippen LogP) is 3.18. The van der Waals surface area contributed by atoms with Crippen molar-refractivity contribution in [2.75, 3.05) is 13.1 Å². The first-order valence-electron chi connectivity index (χ1n) is 9.43. The summed E-state index contributed by atoms with van der Waals surface area (Å²) in [5.74, 6) is 0. The number of benzene rings is 3. The second-order valence-corrected chi connectivity index (χ2v) is 8.02. The van der Waals surface area contributed by atoms with Crippen LogP contribution in [0, 0.1) is 0 Å². The van der Waals surface area contributed by atoms with Crippen LogP contribution in [0.25, 0.3) is 0 Å². The van der Waals surface area contributed by atoms with E-state index in [4.69, 9.17) is 23.2 Å². The van der Waals surface area contributed by atoms with E-state index in [0.717, 1.165) is 41.8 Å². The summed E-state index contributed by atoms with van der Waals surface area (Å²) in [6, 6.07) is 27.2. The van der Waals surface area contributed by atoms with Crippen LogP contribution in [-0.4, -0.2) is 13.1 Å². The molecule has 1 aliphatic rings. The van der Waals surface area contributed by atoms with Crippen LogP contribution < -0.4 is 9.80 Å². The number of hydrogen-bond donors (Lipinski definition) is 2. The number of nitrogens with one attached hydrogen (secondary N) is 2. The fraction of sp³-hybridized carbons (Fsp3) is 0.217. The molecule has 1 aliphatic heterocycles. The van der Waals surface area contributed by atoms with Crippen LogP contribution in [0.2, 0.25) is 10.0 Å². The first-order chi connectivity index (χ1) is 13.2. The van der Waals surface area contributed by atoms with Gasteiger partial charge >= 0.3 is 0 Å². The van der Waals surface area contributed by atoms with E-state index in [1.54, 1.807) is 0 Å². The zero-order valence-corrected chi connectivity index (χ0v) is 16.7. The van der Waals surface area contributed by atoms with Crippen LogP contribution in [0.3, 0.4) is 0 Å². The minimum absolute atomic E-state index is 0.228. The summed E-state index contributed by atoms with van der Waals surface area (Å²) >= 11 is 13.3. The van der Waals surface area contributed by atoms with Crippen LogP contribution in [0.15, 0.2) is 78.9 Å². The molecule has 3 aromatic carbocycles. The van der Waals surface area contributed by atoms with Crippen LogP contribution >= 0.6 is 23.2 Å². The van der Waals surface area contributed by atoms with Gasteiger partial charge in [0.15, 0.2) is 0 Å². The van der Waals surface area contributed by atoms with Gasteiger partial charge in [0.05, 0.1) is 10.0 Å². The summed E-state index contributed by atoms with van der Waals surface area (Å²) in [5.41, 5.74) is 3.78. The molecule has 2 N–H and O–H groups in total. The molecule has 0 bridgehead atoms. The molecular formula is C23H24Cl2N2+2. The lowest BCUT2D eigenvalue weighted by molar-refractivity contribution is -1.09. The van der Waals surface area contributed by atoms with Gasteiger partial charge in [0, 0.05) is 11.1 Å². The molecule has 138 valence electrons. The zero-order chi connectivity index (χ0) is 18.6. The van der Waals surface area contributed by atoms with Gasteiger partial charge in [-0.15, -0.1) is 0 Å².